The average Bonchev–Trinajstić information content (AvgIpc) is 2.60. The van der Waals surface area contributed by atoms with Crippen LogP contribution in [0.5, 0.6) is 0 Å². The summed E-state index contributed by atoms with van der Waals surface area (Å²) in [6, 6.07) is 8.31. The smallest absolute Gasteiger partial charge is 0.171 e. The average molecular weight is 182 g/mol. The molecule has 1 heteroatoms. The molecule has 1 aromatic rings. The summed E-state index contributed by atoms with van der Waals surface area (Å²) in [5.41, 5.74) is 2.12. The SMILES string of the molecule is C1=COC2(C=C1)C=Cc1ccccc12. The third-order valence-electron chi connectivity index (χ3n) is 2.69. The lowest BCUT2D eigenvalue weighted by atomic mass is 9.94. The molecule has 1 aliphatic carbocycles. The van der Waals surface area contributed by atoms with Gasteiger partial charge in [-0.2, -0.15) is 0 Å². The molecule has 0 bridgehead atoms. The number of rotatable bonds is 0. The Balaban J connectivity index is 2.18. The maximum absolute atomic E-state index is 5.70. The third kappa shape index (κ3) is 0.896. The highest BCUT2D eigenvalue weighted by atomic mass is 16.5. The minimum absolute atomic E-state index is 0.342. The van der Waals surface area contributed by atoms with Crippen LogP contribution in [0.1, 0.15) is 11.1 Å². The van der Waals surface area contributed by atoms with Gasteiger partial charge in [0.1, 0.15) is 0 Å². The summed E-state index contributed by atoms with van der Waals surface area (Å²) < 4.78 is 5.70. The van der Waals surface area contributed by atoms with Crippen molar-refractivity contribution in [1.82, 2.24) is 0 Å². The predicted octanol–water partition coefficient (Wildman–Crippen LogP) is 3.01. The molecular formula is C13H10O. The van der Waals surface area contributed by atoms with E-state index in [9.17, 15) is 0 Å². The fourth-order valence-corrected chi connectivity index (χ4v) is 1.98. The van der Waals surface area contributed by atoms with Crippen molar-refractivity contribution in [2.75, 3.05) is 0 Å². The van der Waals surface area contributed by atoms with Gasteiger partial charge in [0.2, 0.25) is 0 Å². The summed E-state index contributed by atoms with van der Waals surface area (Å²) in [5, 5.41) is 0. The number of ether oxygens (including phenoxy) is 1. The quantitative estimate of drug-likeness (QED) is 0.599. The second kappa shape index (κ2) is 2.61. The standard InChI is InChI=1S/C13H10O/c1-2-6-12-11(5-1)7-9-13(12)8-3-4-10-14-13/h1-10H. The van der Waals surface area contributed by atoms with Crippen molar-refractivity contribution in [3.05, 3.63) is 66.0 Å². The number of hydrogen-bond donors (Lipinski definition) is 0. The van der Waals surface area contributed by atoms with E-state index in [1.54, 1.807) is 6.26 Å². The Morgan fingerprint density at radius 3 is 2.79 bits per heavy atom. The molecule has 1 spiro atoms. The number of allylic oxidation sites excluding steroid dienone is 2. The molecule has 2 aliphatic rings. The summed E-state index contributed by atoms with van der Waals surface area (Å²) in [6.45, 7) is 0. The Bertz CT molecular complexity index is 454. The molecule has 0 aromatic heterocycles. The second-order valence-corrected chi connectivity index (χ2v) is 3.52. The molecule has 1 aromatic carbocycles. The van der Waals surface area contributed by atoms with Crippen LogP contribution in [0, 0.1) is 0 Å². The summed E-state index contributed by atoms with van der Waals surface area (Å²) in [6.07, 6.45) is 12.0. The summed E-state index contributed by atoms with van der Waals surface area (Å²) in [4.78, 5) is 0. The van der Waals surface area contributed by atoms with E-state index in [0.29, 0.717) is 0 Å². The van der Waals surface area contributed by atoms with Crippen molar-refractivity contribution in [2.24, 2.45) is 0 Å². The van der Waals surface area contributed by atoms with E-state index in [0.717, 1.165) is 0 Å². The molecule has 0 saturated heterocycles. The molecule has 0 amide bonds. The van der Waals surface area contributed by atoms with Crippen LogP contribution in [-0.4, -0.2) is 0 Å². The van der Waals surface area contributed by atoms with Crippen LogP contribution < -0.4 is 0 Å². The van der Waals surface area contributed by atoms with Crippen molar-refractivity contribution in [1.29, 1.82) is 0 Å². The van der Waals surface area contributed by atoms with E-state index in [2.05, 4.69) is 30.4 Å². The van der Waals surface area contributed by atoms with Gasteiger partial charge in [0, 0.05) is 5.56 Å². The van der Waals surface area contributed by atoms with E-state index in [1.807, 2.05) is 24.3 Å². The molecule has 1 aliphatic heterocycles. The van der Waals surface area contributed by atoms with Crippen LogP contribution in [0.4, 0.5) is 0 Å². The zero-order valence-corrected chi connectivity index (χ0v) is 7.68. The molecule has 0 N–H and O–H groups in total. The van der Waals surface area contributed by atoms with Crippen molar-refractivity contribution in [3.8, 4) is 0 Å². The largest absolute Gasteiger partial charge is 0.482 e. The molecule has 1 heterocycles. The molecule has 0 radical (unpaired) electrons. The van der Waals surface area contributed by atoms with Crippen LogP contribution in [0.2, 0.25) is 0 Å². The second-order valence-electron chi connectivity index (χ2n) is 3.52. The van der Waals surface area contributed by atoms with Gasteiger partial charge >= 0.3 is 0 Å². The van der Waals surface area contributed by atoms with Gasteiger partial charge in [-0.25, -0.2) is 0 Å². The van der Waals surface area contributed by atoms with Gasteiger partial charge in [0.05, 0.1) is 6.26 Å². The lowest BCUT2D eigenvalue weighted by Gasteiger charge is -2.26. The summed E-state index contributed by atoms with van der Waals surface area (Å²) in [5.74, 6) is 0. The van der Waals surface area contributed by atoms with Gasteiger partial charge in [-0.3, -0.25) is 0 Å². The van der Waals surface area contributed by atoms with Crippen LogP contribution in [0.3, 0.4) is 0 Å². The number of fused-ring (bicyclic) bond motifs is 2. The highest BCUT2D eigenvalue weighted by molar-refractivity contribution is 5.66. The summed E-state index contributed by atoms with van der Waals surface area (Å²) in [7, 11) is 0. The van der Waals surface area contributed by atoms with E-state index in [1.165, 1.54) is 11.1 Å². The van der Waals surface area contributed by atoms with Crippen molar-refractivity contribution >= 4 is 6.08 Å². The third-order valence-corrected chi connectivity index (χ3v) is 2.69. The van der Waals surface area contributed by atoms with Gasteiger partial charge in [0.25, 0.3) is 0 Å². The van der Waals surface area contributed by atoms with Crippen molar-refractivity contribution in [2.45, 2.75) is 5.60 Å². The predicted molar refractivity (Wildman–Crippen MR) is 56.5 cm³/mol. The van der Waals surface area contributed by atoms with Crippen molar-refractivity contribution in [3.63, 3.8) is 0 Å². The Hall–Kier alpha value is -1.76. The highest BCUT2D eigenvalue weighted by Gasteiger charge is 2.33. The fourth-order valence-electron chi connectivity index (χ4n) is 1.98. The number of hydrogen-bond acceptors (Lipinski definition) is 1. The minimum atomic E-state index is -0.342. The van der Waals surface area contributed by atoms with E-state index in [-0.39, 0.29) is 5.60 Å². The van der Waals surface area contributed by atoms with E-state index in [4.69, 9.17) is 4.74 Å². The number of benzene rings is 1. The van der Waals surface area contributed by atoms with Gasteiger partial charge in [-0.05, 0) is 23.8 Å². The lowest BCUT2D eigenvalue weighted by molar-refractivity contribution is 0.113. The van der Waals surface area contributed by atoms with E-state index < -0.39 is 0 Å². The Morgan fingerprint density at radius 1 is 1.00 bits per heavy atom. The molecule has 68 valence electrons. The topological polar surface area (TPSA) is 9.23 Å². The lowest BCUT2D eigenvalue weighted by Crippen LogP contribution is -2.21. The first-order valence-electron chi connectivity index (χ1n) is 4.72. The Kier molecular flexibility index (Phi) is 1.42. The van der Waals surface area contributed by atoms with Crippen LogP contribution in [0.15, 0.2) is 54.8 Å². The molecule has 1 atom stereocenters. The maximum atomic E-state index is 5.70. The summed E-state index contributed by atoms with van der Waals surface area (Å²) >= 11 is 0. The molecular weight excluding hydrogens is 172 g/mol. The van der Waals surface area contributed by atoms with Crippen molar-refractivity contribution < 1.29 is 4.74 Å². The van der Waals surface area contributed by atoms with Gasteiger partial charge in [0.15, 0.2) is 5.60 Å². The van der Waals surface area contributed by atoms with Crippen LogP contribution in [0.25, 0.3) is 6.08 Å². The molecule has 14 heavy (non-hydrogen) atoms. The zero-order chi connectivity index (χ0) is 9.43. The molecule has 1 nitrogen and oxygen atoms in total. The Labute approximate surface area is 83.0 Å². The normalized spacial score (nSPS) is 26.6. The van der Waals surface area contributed by atoms with Crippen LogP contribution in [-0.2, 0) is 10.3 Å². The van der Waals surface area contributed by atoms with Gasteiger partial charge in [-0.1, -0.05) is 36.4 Å². The highest BCUT2D eigenvalue weighted by Crippen LogP contribution is 2.39. The first kappa shape index (κ1) is 7.63. The molecule has 1 unspecified atom stereocenters. The monoisotopic (exact) mass is 182 g/mol. The van der Waals surface area contributed by atoms with Crippen LogP contribution >= 0.6 is 0 Å². The zero-order valence-electron chi connectivity index (χ0n) is 7.68. The first-order valence-corrected chi connectivity index (χ1v) is 4.72. The molecule has 0 fully saturated rings. The van der Waals surface area contributed by atoms with E-state index >= 15 is 0 Å². The van der Waals surface area contributed by atoms with Gasteiger partial charge < -0.3 is 4.74 Å². The molecule has 0 saturated carbocycles. The Morgan fingerprint density at radius 2 is 1.93 bits per heavy atom. The minimum Gasteiger partial charge on any atom is -0.482 e. The van der Waals surface area contributed by atoms with Gasteiger partial charge in [-0.15, -0.1) is 0 Å². The molecule has 3 rings (SSSR count). The fraction of sp³-hybridized carbons (Fsp3) is 0.0769. The first-order chi connectivity index (χ1) is 6.91. The maximum Gasteiger partial charge on any atom is 0.171 e.